The molecule has 1 aliphatic rings. The number of sulfonamides is 1. The first-order valence-electron chi connectivity index (χ1n) is 11.8. The Labute approximate surface area is 211 Å². The summed E-state index contributed by atoms with van der Waals surface area (Å²) in [4.78, 5) is 13.3. The van der Waals surface area contributed by atoms with Crippen LogP contribution in [0.15, 0.2) is 114 Å². The van der Waals surface area contributed by atoms with Crippen LogP contribution in [0.1, 0.15) is 28.3 Å². The van der Waals surface area contributed by atoms with Crippen LogP contribution in [-0.4, -0.2) is 25.3 Å². The summed E-state index contributed by atoms with van der Waals surface area (Å²) in [5, 5.41) is 6.01. The molecule has 1 heterocycles. The maximum absolute atomic E-state index is 13.1. The zero-order chi connectivity index (χ0) is 25.0. The Bertz CT molecular complexity index is 1400. The highest BCUT2D eigenvalue weighted by Crippen LogP contribution is 2.27. The van der Waals surface area contributed by atoms with Gasteiger partial charge in [-0.2, -0.15) is 4.31 Å². The van der Waals surface area contributed by atoms with E-state index in [9.17, 15) is 13.2 Å². The van der Waals surface area contributed by atoms with Crippen LogP contribution in [0.2, 0.25) is 0 Å². The van der Waals surface area contributed by atoms with E-state index in [-0.39, 0.29) is 23.5 Å². The van der Waals surface area contributed by atoms with E-state index >= 15 is 0 Å². The summed E-state index contributed by atoms with van der Waals surface area (Å²) in [7, 11) is -3.58. The maximum Gasteiger partial charge on any atom is 0.319 e. The lowest BCUT2D eigenvalue weighted by Gasteiger charge is -2.28. The Kier molecular flexibility index (Phi) is 6.84. The molecule has 0 spiro atoms. The molecule has 2 amide bonds. The van der Waals surface area contributed by atoms with Crippen molar-refractivity contribution in [1.82, 2.24) is 9.62 Å². The minimum atomic E-state index is -3.58. The molecule has 0 atom stereocenters. The highest BCUT2D eigenvalue weighted by molar-refractivity contribution is 7.89. The zero-order valence-electron chi connectivity index (χ0n) is 19.7. The molecule has 0 aromatic heterocycles. The van der Waals surface area contributed by atoms with Crippen LogP contribution in [0, 0.1) is 0 Å². The molecule has 6 nitrogen and oxygen atoms in total. The van der Waals surface area contributed by atoms with Crippen LogP contribution >= 0.6 is 0 Å². The molecule has 0 unspecified atom stereocenters. The number of amides is 2. The third kappa shape index (κ3) is 5.17. The lowest BCUT2D eigenvalue weighted by atomic mass is 9.99. The number of nitrogens with zero attached hydrogens (tertiary/aromatic N) is 1. The number of benzene rings is 4. The van der Waals surface area contributed by atoms with Crippen LogP contribution in [0.3, 0.4) is 0 Å². The molecule has 0 aliphatic carbocycles. The summed E-state index contributed by atoms with van der Waals surface area (Å²) in [6.45, 7) is 0.688. The van der Waals surface area contributed by atoms with Gasteiger partial charge in [-0.05, 0) is 52.9 Å². The van der Waals surface area contributed by atoms with Crippen molar-refractivity contribution in [3.05, 3.63) is 131 Å². The Hall–Kier alpha value is -3.94. The van der Waals surface area contributed by atoms with E-state index in [1.165, 1.54) is 4.31 Å². The summed E-state index contributed by atoms with van der Waals surface area (Å²) >= 11 is 0. The molecule has 0 radical (unpaired) electrons. The Morgan fingerprint density at radius 2 is 1.33 bits per heavy atom. The van der Waals surface area contributed by atoms with Gasteiger partial charge in [-0.15, -0.1) is 0 Å². The first kappa shape index (κ1) is 23.8. The predicted molar refractivity (Wildman–Crippen MR) is 141 cm³/mol. The minimum absolute atomic E-state index is 0.264. The van der Waals surface area contributed by atoms with Crippen molar-refractivity contribution in [1.29, 1.82) is 0 Å². The van der Waals surface area contributed by atoms with E-state index in [4.69, 9.17) is 0 Å². The molecule has 0 fully saturated rings. The highest BCUT2D eigenvalue weighted by atomic mass is 32.2. The fourth-order valence-corrected chi connectivity index (χ4v) is 5.94. The number of rotatable bonds is 6. The molecular weight excluding hydrogens is 470 g/mol. The largest absolute Gasteiger partial charge is 0.327 e. The molecule has 182 valence electrons. The van der Waals surface area contributed by atoms with Crippen LogP contribution in [0.5, 0.6) is 0 Å². The van der Waals surface area contributed by atoms with Crippen molar-refractivity contribution in [2.75, 3.05) is 11.9 Å². The average molecular weight is 498 g/mol. The van der Waals surface area contributed by atoms with Crippen LogP contribution < -0.4 is 10.6 Å². The first-order valence-corrected chi connectivity index (χ1v) is 13.3. The van der Waals surface area contributed by atoms with Gasteiger partial charge in [-0.1, -0.05) is 84.9 Å². The van der Waals surface area contributed by atoms with E-state index in [0.29, 0.717) is 18.7 Å². The van der Waals surface area contributed by atoms with E-state index in [1.807, 2.05) is 78.9 Å². The second-order valence-corrected chi connectivity index (χ2v) is 10.7. The van der Waals surface area contributed by atoms with Gasteiger partial charge in [0.05, 0.1) is 10.9 Å². The van der Waals surface area contributed by atoms with Gasteiger partial charge in [0.2, 0.25) is 10.0 Å². The monoisotopic (exact) mass is 497 g/mol. The van der Waals surface area contributed by atoms with Gasteiger partial charge in [-0.3, -0.25) is 0 Å². The maximum atomic E-state index is 13.1. The van der Waals surface area contributed by atoms with Crippen LogP contribution in [0.25, 0.3) is 0 Å². The van der Waals surface area contributed by atoms with Crippen LogP contribution in [0.4, 0.5) is 10.5 Å². The smallest absolute Gasteiger partial charge is 0.319 e. The highest BCUT2D eigenvalue weighted by Gasteiger charge is 2.28. The third-order valence-corrected chi connectivity index (χ3v) is 8.22. The molecule has 0 saturated heterocycles. The van der Waals surface area contributed by atoms with E-state index in [0.717, 1.165) is 22.3 Å². The molecule has 36 heavy (non-hydrogen) atoms. The van der Waals surface area contributed by atoms with Gasteiger partial charge in [0.15, 0.2) is 0 Å². The zero-order valence-corrected chi connectivity index (χ0v) is 20.5. The molecule has 4 aromatic carbocycles. The average Bonchev–Trinajstić information content (AvgIpc) is 2.93. The van der Waals surface area contributed by atoms with Gasteiger partial charge in [0.1, 0.15) is 0 Å². The molecule has 0 saturated carbocycles. The topological polar surface area (TPSA) is 78.5 Å². The van der Waals surface area contributed by atoms with Crippen molar-refractivity contribution in [2.24, 2.45) is 0 Å². The molecule has 2 N–H and O–H groups in total. The fourth-order valence-electron chi connectivity index (χ4n) is 4.50. The van der Waals surface area contributed by atoms with Gasteiger partial charge < -0.3 is 10.6 Å². The van der Waals surface area contributed by atoms with Crippen molar-refractivity contribution < 1.29 is 13.2 Å². The number of fused-ring (bicyclic) bond motifs is 1. The van der Waals surface area contributed by atoms with Crippen molar-refractivity contribution >= 4 is 21.7 Å². The number of urea groups is 1. The minimum Gasteiger partial charge on any atom is -0.327 e. The van der Waals surface area contributed by atoms with E-state index < -0.39 is 10.0 Å². The third-order valence-electron chi connectivity index (χ3n) is 6.36. The fraction of sp³-hybridized carbons (Fsp3) is 0.138. The summed E-state index contributed by atoms with van der Waals surface area (Å²) < 4.78 is 27.7. The molecular formula is C29H27N3O3S. The van der Waals surface area contributed by atoms with Gasteiger partial charge in [0, 0.05) is 18.8 Å². The number of carbonyl (C=O) groups is 1. The summed E-state index contributed by atoms with van der Waals surface area (Å²) in [5.41, 5.74) is 4.55. The normalized spacial score (nSPS) is 13.7. The Morgan fingerprint density at radius 1 is 0.750 bits per heavy atom. The van der Waals surface area contributed by atoms with Gasteiger partial charge in [0.25, 0.3) is 0 Å². The SMILES string of the molecule is O=C(Nc1ccc2c(c1)CN(S(=O)(=O)c1ccccc1)CC2)NC(c1ccccc1)c1ccccc1. The molecule has 4 aromatic rings. The van der Waals surface area contributed by atoms with Crippen LogP contribution in [-0.2, 0) is 23.0 Å². The first-order chi connectivity index (χ1) is 17.5. The summed E-state index contributed by atoms with van der Waals surface area (Å²) in [6, 6.07) is 33.1. The molecule has 0 bridgehead atoms. The second kappa shape index (κ2) is 10.4. The number of nitrogens with one attached hydrogen (secondary N) is 2. The van der Waals surface area contributed by atoms with Crippen molar-refractivity contribution in [3.63, 3.8) is 0 Å². The number of hydrogen-bond donors (Lipinski definition) is 2. The van der Waals surface area contributed by atoms with E-state index in [2.05, 4.69) is 10.6 Å². The lowest BCUT2D eigenvalue weighted by Crippen LogP contribution is -2.36. The molecule has 1 aliphatic heterocycles. The number of carbonyl (C=O) groups excluding carboxylic acids is 1. The number of hydrogen-bond acceptors (Lipinski definition) is 3. The Balaban J connectivity index is 1.32. The van der Waals surface area contributed by atoms with E-state index in [1.54, 1.807) is 30.3 Å². The summed E-state index contributed by atoms with van der Waals surface area (Å²) in [6.07, 6.45) is 0.623. The van der Waals surface area contributed by atoms with Crippen molar-refractivity contribution in [2.45, 2.75) is 23.9 Å². The standard InChI is InChI=1S/C29H27N3O3S/c33-29(31-28(23-10-4-1-5-11-23)24-12-6-2-7-13-24)30-26-17-16-22-18-19-32(21-25(22)20-26)36(34,35)27-14-8-3-9-15-27/h1-17,20,28H,18-19,21H2,(H2,30,31,33). The molecule has 5 rings (SSSR count). The predicted octanol–water partition coefficient (Wildman–Crippen LogP) is 5.34. The number of anilines is 1. The Morgan fingerprint density at radius 3 is 1.94 bits per heavy atom. The summed E-state index contributed by atoms with van der Waals surface area (Å²) in [5.74, 6) is 0. The van der Waals surface area contributed by atoms with Crippen molar-refractivity contribution in [3.8, 4) is 0 Å². The quantitative estimate of drug-likeness (QED) is 0.377. The van der Waals surface area contributed by atoms with Gasteiger partial charge >= 0.3 is 6.03 Å². The molecule has 7 heteroatoms. The lowest BCUT2D eigenvalue weighted by molar-refractivity contribution is 0.250. The van der Waals surface area contributed by atoms with Gasteiger partial charge in [-0.25, -0.2) is 13.2 Å². The second-order valence-electron chi connectivity index (χ2n) is 8.74.